The largest absolute Gasteiger partial charge is 0.368 e. The van der Waals surface area contributed by atoms with Crippen molar-refractivity contribution in [3.8, 4) is 0 Å². The second-order valence-corrected chi connectivity index (χ2v) is 7.19. The highest BCUT2D eigenvalue weighted by Gasteiger charge is 2.20. The number of nitrogens with one attached hydrogen (secondary N) is 1. The van der Waals surface area contributed by atoms with Gasteiger partial charge in [-0.1, -0.05) is 30.1 Å². The van der Waals surface area contributed by atoms with Crippen molar-refractivity contribution in [1.82, 2.24) is 4.90 Å². The molecule has 0 spiro atoms. The van der Waals surface area contributed by atoms with Crippen molar-refractivity contribution in [2.45, 2.75) is 13.3 Å². The Hall–Kier alpha value is -2.24. The zero-order chi connectivity index (χ0) is 19.4. The summed E-state index contributed by atoms with van der Waals surface area (Å²) in [6.45, 7) is 4.97. The molecule has 1 aliphatic heterocycles. The normalized spacial score (nSPS) is 14.2. The zero-order valence-corrected chi connectivity index (χ0v) is 16.6. The van der Waals surface area contributed by atoms with Gasteiger partial charge < -0.3 is 15.1 Å². The van der Waals surface area contributed by atoms with E-state index in [0.29, 0.717) is 27.7 Å². The van der Waals surface area contributed by atoms with Crippen LogP contribution in [-0.4, -0.2) is 42.9 Å². The Kier molecular flexibility index (Phi) is 6.24. The monoisotopic (exact) mass is 405 g/mol. The lowest BCUT2D eigenvalue weighted by Crippen LogP contribution is -2.48. The van der Waals surface area contributed by atoms with E-state index in [1.54, 1.807) is 18.2 Å². The summed E-state index contributed by atoms with van der Waals surface area (Å²) in [4.78, 5) is 28.3. The molecule has 1 saturated heterocycles. The van der Waals surface area contributed by atoms with E-state index in [9.17, 15) is 9.59 Å². The van der Waals surface area contributed by atoms with Crippen molar-refractivity contribution in [3.63, 3.8) is 0 Å². The highest BCUT2D eigenvalue weighted by molar-refractivity contribution is 6.37. The van der Waals surface area contributed by atoms with Gasteiger partial charge in [0.15, 0.2) is 0 Å². The maximum Gasteiger partial charge on any atom is 0.257 e. The third-order valence-electron chi connectivity index (χ3n) is 4.60. The van der Waals surface area contributed by atoms with Crippen LogP contribution < -0.4 is 10.2 Å². The fraction of sp³-hybridized carbons (Fsp3) is 0.300. The second kappa shape index (κ2) is 8.63. The van der Waals surface area contributed by atoms with E-state index < -0.39 is 0 Å². The molecule has 2 amide bonds. The van der Waals surface area contributed by atoms with Gasteiger partial charge in [-0.05, 0) is 42.5 Å². The molecule has 1 fully saturated rings. The van der Waals surface area contributed by atoms with Crippen LogP contribution in [-0.2, 0) is 4.79 Å². The predicted octanol–water partition coefficient (Wildman–Crippen LogP) is 4.30. The SMILES string of the molecule is CCC(=O)N1CCN(c2ccc(NC(=O)c3ccc(Cl)cc3Cl)cc2)CC1. The topological polar surface area (TPSA) is 52.7 Å². The lowest BCUT2D eigenvalue weighted by Gasteiger charge is -2.36. The van der Waals surface area contributed by atoms with Gasteiger partial charge in [-0.25, -0.2) is 0 Å². The number of benzene rings is 2. The van der Waals surface area contributed by atoms with Crippen LogP contribution in [0.25, 0.3) is 0 Å². The van der Waals surface area contributed by atoms with Gasteiger partial charge in [0, 0.05) is 49.0 Å². The quantitative estimate of drug-likeness (QED) is 0.824. The summed E-state index contributed by atoms with van der Waals surface area (Å²) in [7, 11) is 0. The molecule has 0 radical (unpaired) electrons. The molecule has 3 rings (SSSR count). The van der Waals surface area contributed by atoms with E-state index in [1.807, 2.05) is 36.1 Å². The van der Waals surface area contributed by atoms with Crippen LogP contribution in [0, 0.1) is 0 Å². The molecule has 0 bridgehead atoms. The average Bonchev–Trinajstić information content (AvgIpc) is 2.68. The summed E-state index contributed by atoms with van der Waals surface area (Å²) in [5.74, 6) is -0.0790. The molecular formula is C20H21Cl2N3O2. The Bertz CT molecular complexity index is 832. The second-order valence-electron chi connectivity index (χ2n) is 6.35. The number of carbonyl (C=O) groups is 2. The molecule has 142 valence electrons. The Morgan fingerprint density at radius 2 is 1.67 bits per heavy atom. The first-order chi connectivity index (χ1) is 13.0. The van der Waals surface area contributed by atoms with E-state index in [1.165, 1.54) is 0 Å². The summed E-state index contributed by atoms with van der Waals surface area (Å²) in [6.07, 6.45) is 0.548. The van der Waals surface area contributed by atoms with Gasteiger partial charge >= 0.3 is 0 Å². The van der Waals surface area contributed by atoms with Crippen molar-refractivity contribution in [3.05, 3.63) is 58.1 Å². The molecule has 7 heteroatoms. The van der Waals surface area contributed by atoms with Gasteiger partial charge in [0.05, 0.1) is 10.6 Å². The lowest BCUT2D eigenvalue weighted by molar-refractivity contribution is -0.131. The fourth-order valence-corrected chi connectivity index (χ4v) is 3.56. The van der Waals surface area contributed by atoms with E-state index in [-0.39, 0.29) is 11.8 Å². The molecule has 2 aromatic carbocycles. The molecule has 0 saturated carbocycles. The van der Waals surface area contributed by atoms with Crippen molar-refractivity contribution in [2.75, 3.05) is 36.4 Å². The molecule has 5 nitrogen and oxygen atoms in total. The maximum absolute atomic E-state index is 12.4. The molecule has 2 aromatic rings. The average molecular weight is 406 g/mol. The maximum atomic E-state index is 12.4. The highest BCUT2D eigenvalue weighted by atomic mass is 35.5. The van der Waals surface area contributed by atoms with Crippen LogP contribution in [0.15, 0.2) is 42.5 Å². The van der Waals surface area contributed by atoms with Gasteiger partial charge in [0.1, 0.15) is 0 Å². The Labute approximate surface area is 168 Å². The number of hydrogen-bond donors (Lipinski definition) is 1. The molecule has 0 aromatic heterocycles. The summed E-state index contributed by atoms with van der Waals surface area (Å²) in [5, 5.41) is 3.64. The molecular weight excluding hydrogens is 385 g/mol. The predicted molar refractivity (Wildman–Crippen MR) is 110 cm³/mol. The van der Waals surface area contributed by atoms with E-state index >= 15 is 0 Å². The Morgan fingerprint density at radius 3 is 2.26 bits per heavy atom. The minimum absolute atomic E-state index is 0.202. The van der Waals surface area contributed by atoms with Crippen LogP contribution in [0.4, 0.5) is 11.4 Å². The molecule has 1 heterocycles. The van der Waals surface area contributed by atoms with Gasteiger partial charge in [0.2, 0.25) is 5.91 Å². The first-order valence-electron chi connectivity index (χ1n) is 8.87. The van der Waals surface area contributed by atoms with Gasteiger partial charge in [-0.15, -0.1) is 0 Å². The van der Waals surface area contributed by atoms with E-state index in [0.717, 1.165) is 31.9 Å². The van der Waals surface area contributed by atoms with Crippen LogP contribution in [0.2, 0.25) is 10.0 Å². The summed E-state index contributed by atoms with van der Waals surface area (Å²) < 4.78 is 0. The minimum Gasteiger partial charge on any atom is -0.368 e. The smallest absolute Gasteiger partial charge is 0.257 e. The van der Waals surface area contributed by atoms with E-state index in [4.69, 9.17) is 23.2 Å². The van der Waals surface area contributed by atoms with Crippen LogP contribution in [0.5, 0.6) is 0 Å². The molecule has 0 atom stereocenters. The number of carbonyl (C=O) groups excluding carboxylic acids is 2. The van der Waals surface area contributed by atoms with Gasteiger partial charge in [-0.3, -0.25) is 9.59 Å². The third kappa shape index (κ3) is 4.73. The molecule has 0 unspecified atom stereocenters. The first kappa shape index (κ1) is 19.5. The first-order valence-corrected chi connectivity index (χ1v) is 9.62. The van der Waals surface area contributed by atoms with Crippen molar-refractivity contribution in [2.24, 2.45) is 0 Å². The molecule has 27 heavy (non-hydrogen) atoms. The molecule has 1 aliphatic rings. The molecule has 1 N–H and O–H groups in total. The minimum atomic E-state index is -0.281. The third-order valence-corrected chi connectivity index (χ3v) is 5.15. The van der Waals surface area contributed by atoms with Crippen LogP contribution >= 0.6 is 23.2 Å². The summed E-state index contributed by atoms with van der Waals surface area (Å²) >= 11 is 11.9. The van der Waals surface area contributed by atoms with Crippen molar-refractivity contribution < 1.29 is 9.59 Å². The zero-order valence-electron chi connectivity index (χ0n) is 15.0. The number of hydrogen-bond acceptors (Lipinski definition) is 3. The number of nitrogens with zero attached hydrogens (tertiary/aromatic N) is 2. The fourth-order valence-electron chi connectivity index (χ4n) is 3.07. The number of anilines is 2. The molecule has 0 aliphatic carbocycles. The lowest BCUT2D eigenvalue weighted by atomic mass is 10.2. The number of amides is 2. The highest BCUT2D eigenvalue weighted by Crippen LogP contribution is 2.23. The van der Waals surface area contributed by atoms with Crippen molar-refractivity contribution >= 4 is 46.4 Å². The van der Waals surface area contributed by atoms with Crippen molar-refractivity contribution in [1.29, 1.82) is 0 Å². The van der Waals surface area contributed by atoms with E-state index in [2.05, 4.69) is 10.2 Å². The summed E-state index contributed by atoms with van der Waals surface area (Å²) in [6, 6.07) is 12.4. The van der Waals surface area contributed by atoms with Gasteiger partial charge in [0.25, 0.3) is 5.91 Å². The number of halogens is 2. The number of rotatable bonds is 4. The standard InChI is InChI=1S/C20H21Cl2N3O2/c1-2-19(26)25-11-9-24(10-12-25)16-6-4-15(5-7-16)23-20(27)17-8-3-14(21)13-18(17)22/h3-8,13H,2,9-12H2,1H3,(H,23,27). The Balaban J connectivity index is 1.61. The summed E-state index contributed by atoms with van der Waals surface area (Å²) in [5.41, 5.74) is 2.14. The van der Waals surface area contributed by atoms with Crippen LogP contribution in [0.1, 0.15) is 23.7 Å². The van der Waals surface area contributed by atoms with Crippen LogP contribution in [0.3, 0.4) is 0 Å². The van der Waals surface area contributed by atoms with Gasteiger partial charge in [-0.2, -0.15) is 0 Å². The number of piperazine rings is 1. The Morgan fingerprint density at radius 1 is 1.00 bits per heavy atom.